The van der Waals surface area contributed by atoms with E-state index in [9.17, 15) is 4.79 Å². The number of pyridine rings is 1. The molecule has 2 heterocycles. The fourth-order valence-corrected chi connectivity index (χ4v) is 1.69. The maximum atomic E-state index is 9.85. The largest absolute Gasteiger partial charge is 0.355 e. The van der Waals surface area contributed by atoms with E-state index in [1.165, 1.54) is 25.9 Å². The average Bonchev–Trinajstić information content (AvgIpc) is 2.39. The molecule has 0 bridgehead atoms. The van der Waals surface area contributed by atoms with E-state index in [2.05, 4.69) is 22.5 Å². The lowest BCUT2D eigenvalue weighted by molar-refractivity contribution is -0.109. The number of nitrogens with one attached hydrogen (secondary N) is 2. The summed E-state index contributed by atoms with van der Waals surface area (Å²) in [5, 5.41) is 5.88. The van der Waals surface area contributed by atoms with E-state index in [1.54, 1.807) is 12.4 Å². The van der Waals surface area contributed by atoms with Gasteiger partial charge in [-0.2, -0.15) is 0 Å². The minimum absolute atomic E-state index is 0.553. The standard InChI is InChI=1S/C7H8N2O.C6H13N/c10-6-9-5-7-2-1-3-8-4-7;1-6-3-2-4-7-5-6/h1-4,6H,5H2,(H,9,10);6-7H,2-5H2,1H3. The Morgan fingerprint density at radius 3 is 3.00 bits per heavy atom. The molecule has 1 fully saturated rings. The summed E-state index contributed by atoms with van der Waals surface area (Å²) < 4.78 is 0. The second-order valence-corrected chi connectivity index (χ2v) is 4.31. The number of rotatable bonds is 3. The van der Waals surface area contributed by atoms with Gasteiger partial charge in [-0.05, 0) is 43.5 Å². The third kappa shape index (κ3) is 6.68. The highest BCUT2D eigenvalue weighted by atomic mass is 16.1. The molecule has 94 valence electrons. The molecule has 1 saturated heterocycles. The van der Waals surface area contributed by atoms with E-state index >= 15 is 0 Å². The zero-order valence-corrected chi connectivity index (χ0v) is 10.4. The molecule has 1 aromatic heterocycles. The average molecular weight is 235 g/mol. The first-order valence-electron chi connectivity index (χ1n) is 6.09. The van der Waals surface area contributed by atoms with Gasteiger partial charge in [-0.15, -0.1) is 0 Å². The van der Waals surface area contributed by atoms with E-state index in [0.29, 0.717) is 13.0 Å². The van der Waals surface area contributed by atoms with Crippen LogP contribution in [0.5, 0.6) is 0 Å². The van der Waals surface area contributed by atoms with Gasteiger partial charge in [-0.25, -0.2) is 0 Å². The Labute approximate surface area is 103 Å². The predicted molar refractivity (Wildman–Crippen MR) is 68.4 cm³/mol. The smallest absolute Gasteiger partial charge is 0.207 e. The summed E-state index contributed by atoms with van der Waals surface area (Å²) in [7, 11) is 0. The molecule has 4 nitrogen and oxygen atoms in total. The number of nitrogens with zero attached hydrogens (tertiary/aromatic N) is 1. The van der Waals surface area contributed by atoms with Crippen LogP contribution in [0.3, 0.4) is 0 Å². The van der Waals surface area contributed by atoms with Crippen molar-refractivity contribution in [2.24, 2.45) is 5.92 Å². The maximum absolute atomic E-state index is 9.85. The van der Waals surface area contributed by atoms with Gasteiger partial charge in [0.15, 0.2) is 0 Å². The van der Waals surface area contributed by atoms with Crippen molar-refractivity contribution in [1.29, 1.82) is 0 Å². The molecular formula is C13H21N3O. The monoisotopic (exact) mass is 235 g/mol. The van der Waals surface area contributed by atoms with Crippen LogP contribution < -0.4 is 10.6 Å². The molecule has 1 unspecified atom stereocenters. The summed E-state index contributed by atoms with van der Waals surface area (Å²) in [5.74, 6) is 0.925. The zero-order chi connectivity index (χ0) is 12.3. The summed E-state index contributed by atoms with van der Waals surface area (Å²) in [6, 6.07) is 3.74. The number of carbonyl (C=O) groups excluding carboxylic acids is 1. The quantitative estimate of drug-likeness (QED) is 0.777. The Morgan fingerprint density at radius 1 is 1.65 bits per heavy atom. The molecular weight excluding hydrogens is 214 g/mol. The Kier molecular flexibility index (Phi) is 6.98. The Hall–Kier alpha value is -1.42. The SMILES string of the molecule is CC1CCCNC1.O=CNCc1cccnc1. The van der Waals surface area contributed by atoms with Crippen LogP contribution in [0.15, 0.2) is 24.5 Å². The fraction of sp³-hybridized carbons (Fsp3) is 0.538. The van der Waals surface area contributed by atoms with Crippen molar-refractivity contribution in [2.75, 3.05) is 13.1 Å². The fourth-order valence-electron chi connectivity index (χ4n) is 1.69. The van der Waals surface area contributed by atoms with Crippen LogP contribution in [-0.2, 0) is 11.3 Å². The van der Waals surface area contributed by atoms with Crippen molar-refractivity contribution < 1.29 is 4.79 Å². The zero-order valence-electron chi connectivity index (χ0n) is 10.4. The van der Waals surface area contributed by atoms with Crippen molar-refractivity contribution in [3.05, 3.63) is 30.1 Å². The van der Waals surface area contributed by atoms with E-state index in [-0.39, 0.29) is 0 Å². The number of hydrogen-bond acceptors (Lipinski definition) is 3. The lowest BCUT2D eigenvalue weighted by Gasteiger charge is -2.17. The van der Waals surface area contributed by atoms with Gasteiger partial charge in [0.05, 0.1) is 0 Å². The molecule has 1 aliphatic heterocycles. The van der Waals surface area contributed by atoms with Crippen LogP contribution in [0, 0.1) is 5.92 Å². The van der Waals surface area contributed by atoms with Crippen molar-refractivity contribution in [3.63, 3.8) is 0 Å². The molecule has 0 spiro atoms. The molecule has 1 aromatic rings. The number of aromatic nitrogens is 1. The summed E-state index contributed by atoms with van der Waals surface area (Å²) in [6.45, 7) is 5.33. The summed E-state index contributed by atoms with van der Waals surface area (Å²) in [5.41, 5.74) is 1.01. The molecule has 0 saturated carbocycles. The first kappa shape index (κ1) is 13.6. The Bertz CT molecular complexity index is 297. The molecule has 0 aromatic carbocycles. The van der Waals surface area contributed by atoms with Crippen LogP contribution in [0.2, 0.25) is 0 Å². The van der Waals surface area contributed by atoms with Gasteiger partial charge in [-0.3, -0.25) is 9.78 Å². The van der Waals surface area contributed by atoms with Gasteiger partial charge < -0.3 is 10.6 Å². The van der Waals surface area contributed by atoms with E-state index in [4.69, 9.17) is 0 Å². The van der Waals surface area contributed by atoms with Crippen LogP contribution in [-0.4, -0.2) is 24.5 Å². The number of piperidine rings is 1. The van der Waals surface area contributed by atoms with Gasteiger partial charge in [0.2, 0.25) is 6.41 Å². The molecule has 17 heavy (non-hydrogen) atoms. The highest BCUT2D eigenvalue weighted by Crippen LogP contribution is 2.06. The van der Waals surface area contributed by atoms with Crippen LogP contribution >= 0.6 is 0 Å². The highest BCUT2D eigenvalue weighted by Gasteiger charge is 2.04. The molecule has 1 aliphatic rings. The van der Waals surface area contributed by atoms with Gasteiger partial charge in [0.25, 0.3) is 0 Å². The summed E-state index contributed by atoms with van der Waals surface area (Å²) in [4.78, 5) is 13.7. The first-order chi connectivity index (χ1) is 8.33. The summed E-state index contributed by atoms with van der Waals surface area (Å²) >= 11 is 0. The maximum Gasteiger partial charge on any atom is 0.207 e. The minimum Gasteiger partial charge on any atom is -0.355 e. The minimum atomic E-state index is 0.553. The van der Waals surface area contributed by atoms with Crippen molar-refractivity contribution in [3.8, 4) is 0 Å². The van der Waals surface area contributed by atoms with Crippen molar-refractivity contribution in [1.82, 2.24) is 15.6 Å². The first-order valence-corrected chi connectivity index (χ1v) is 6.09. The molecule has 4 heteroatoms. The molecule has 2 rings (SSSR count). The van der Waals surface area contributed by atoms with Gasteiger partial charge >= 0.3 is 0 Å². The Morgan fingerprint density at radius 2 is 2.53 bits per heavy atom. The van der Waals surface area contributed by atoms with E-state index < -0.39 is 0 Å². The van der Waals surface area contributed by atoms with Gasteiger partial charge in [0.1, 0.15) is 0 Å². The normalized spacial score (nSPS) is 18.8. The third-order valence-corrected chi connectivity index (χ3v) is 2.66. The molecule has 0 aliphatic carbocycles. The van der Waals surface area contributed by atoms with Crippen LogP contribution in [0.1, 0.15) is 25.3 Å². The number of carbonyl (C=O) groups is 1. The second-order valence-electron chi connectivity index (χ2n) is 4.31. The van der Waals surface area contributed by atoms with Crippen LogP contribution in [0.25, 0.3) is 0 Å². The van der Waals surface area contributed by atoms with E-state index in [1.807, 2.05) is 12.1 Å². The Balaban J connectivity index is 0.000000181. The van der Waals surface area contributed by atoms with Gasteiger partial charge in [-0.1, -0.05) is 13.0 Å². The predicted octanol–water partition coefficient (Wildman–Crippen LogP) is 1.33. The summed E-state index contributed by atoms with van der Waals surface area (Å²) in [6.07, 6.45) is 6.89. The number of hydrogen-bond donors (Lipinski definition) is 2. The third-order valence-electron chi connectivity index (χ3n) is 2.66. The molecule has 0 radical (unpaired) electrons. The highest BCUT2D eigenvalue weighted by molar-refractivity contribution is 5.46. The van der Waals surface area contributed by atoms with Crippen LogP contribution in [0.4, 0.5) is 0 Å². The molecule has 2 N–H and O–H groups in total. The second kappa shape index (κ2) is 8.70. The lowest BCUT2D eigenvalue weighted by atomic mass is 10.0. The number of amides is 1. The molecule has 1 atom stereocenters. The lowest BCUT2D eigenvalue weighted by Crippen LogP contribution is -2.27. The van der Waals surface area contributed by atoms with Gasteiger partial charge in [0, 0.05) is 18.9 Å². The topological polar surface area (TPSA) is 54.0 Å². The van der Waals surface area contributed by atoms with Crippen molar-refractivity contribution in [2.45, 2.75) is 26.3 Å². The van der Waals surface area contributed by atoms with Crippen molar-refractivity contribution >= 4 is 6.41 Å². The van der Waals surface area contributed by atoms with E-state index in [0.717, 1.165) is 11.5 Å². The molecule has 1 amide bonds.